The van der Waals surface area contributed by atoms with E-state index in [0.29, 0.717) is 5.92 Å². The van der Waals surface area contributed by atoms with E-state index in [2.05, 4.69) is 4.98 Å². The van der Waals surface area contributed by atoms with Gasteiger partial charge in [-0.3, -0.25) is 0 Å². The van der Waals surface area contributed by atoms with E-state index >= 15 is 0 Å². The fraction of sp³-hybridized carbons (Fsp3) is 0.750. The Bertz CT molecular complexity index is 332. The molecule has 1 fully saturated rings. The molecule has 0 radical (unpaired) electrons. The second-order valence-corrected chi connectivity index (χ2v) is 5.44. The van der Waals surface area contributed by atoms with Gasteiger partial charge in [-0.25, -0.2) is 4.98 Å². The number of rotatable bonds is 4. The van der Waals surface area contributed by atoms with E-state index in [0.717, 1.165) is 30.2 Å². The van der Waals surface area contributed by atoms with Crippen molar-refractivity contribution in [3.05, 3.63) is 17.3 Å². The fourth-order valence-electron chi connectivity index (χ4n) is 2.14. The molecule has 4 heteroatoms. The van der Waals surface area contributed by atoms with Crippen LogP contribution in [0.2, 0.25) is 0 Å². The molecule has 1 N–H and O–H groups in total. The molecule has 90 valence electrons. The van der Waals surface area contributed by atoms with Crippen LogP contribution in [0.25, 0.3) is 0 Å². The molecule has 3 nitrogen and oxygen atoms in total. The van der Waals surface area contributed by atoms with Crippen molar-refractivity contribution >= 4 is 11.8 Å². The summed E-state index contributed by atoms with van der Waals surface area (Å²) < 4.78 is 5.64. The Balaban J connectivity index is 2.04. The molecule has 0 saturated carbocycles. The zero-order chi connectivity index (χ0) is 11.4. The molecule has 0 aromatic carbocycles. The first-order valence-corrected chi connectivity index (χ1v) is 7.11. The minimum Gasteiger partial charge on any atom is -0.446 e. The highest BCUT2D eigenvalue weighted by Gasteiger charge is 2.22. The molecule has 2 heterocycles. The van der Waals surface area contributed by atoms with Gasteiger partial charge >= 0.3 is 0 Å². The van der Waals surface area contributed by atoms with Crippen LogP contribution >= 0.6 is 11.8 Å². The van der Waals surface area contributed by atoms with Gasteiger partial charge < -0.3 is 9.52 Å². The SMILES string of the molecule is Cc1oc(CCCO)nc1C1CCCSC1. The van der Waals surface area contributed by atoms with Gasteiger partial charge in [-0.15, -0.1) is 0 Å². The number of nitrogens with zero attached hydrogens (tertiary/aromatic N) is 1. The summed E-state index contributed by atoms with van der Waals surface area (Å²) in [5.41, 5.74) is 1.15. The number of hydrogen-bond acceptors (Lipinski definition) is 4. The predicted molar refractivity (Wildman–Crippen MR) is 65.9 cm³/mol. The van der Waals surface area contributed by atoms with Gasteiger partial charge in [-0.1, -0.05) is 0 Å². The smallest absolute Gasteiger partial charge is 0.194 e. The molecule has 1 atom stereocenters. The molecule has 1 aromatic rings. The summed E-state index contributed by atoms with van der Waals surface area (Å²) in [6.07, 6.45) is 4.00. The number of thioether (sulfide) groups is 1. The first-order chi connectivity index (χ1) is 7.81. The van der Waals surface area contributed by atoms with Crippen LogP contribution in [0.4, 0.5) is 0 Å². The van der Waals surface area contributed by atoms with Crippen molar-refractivity contribution in [2.24, 2.45) is 0 Å². The molecule has 16 heavy (non-hydrogen) atoms. The first kappa shape index (κ1) is 12.0. The van der Waals surface area contributed by atoms with Crippen molar-refractivity contribution in [3.8, 4) is 0 Å². The molecule has 1 aliphatic rings. The third-order valence-electron chi connectivity index (χ3n) is 2.97. The van der Waals surface area contributed by atoms with Gasteiger partial charge in [-0.05, 0) is 31.9 Å². The molecule has 0 bridgehead atoms. The Hall–Kier alpha value is -0.480. The summed E-state index contributed by atoms with van der Waals surface area (Å²) in [7, 11) is 0. The average molecular weight is 241 g/mol. The normalized spacial score (nSPS) is 21.2. The van der Waals surface area contributed by atoms with Gasteiger partial charge in [0.2, 0.25) is 0 Å². The van der Waals surface area contributed by atoms with Crippen molar-refractivity contribution < 1.29 is 9.52 Å². The maximum atomic E-state index is 8.78. The molecule has 0 amide bonds. The average Bonchev–Trinajstić information content (AvgIpc) is 2.69. The van der Waals surface area contributed by atoms with Gasteiger partial charge in [0, 0.05) is 24.7 Å². The van der Waals surface area contributed by atoms with Gasteiger partial charge in [-0.2, -0.15) is 11.8 Å². The van der Waals surface area contributed by atoms with Crippen molar-refractivity contribution in [2.75, 3.05) is 18.1 Å². The second kappa shape index (κ2) is 5.73. The lowest BCUT2D eigenvalue weighted by Gasteiger charge is -2.19. The third-order valence-corrected chi connectivity index (χ3v) is 4.19. The van der Waals surface area contributed by atoms with Gasteiger partial charge in [0.05, 0.1) is 5.69 Å². The van der Waals surface area contributed by atoms with Crippen molar-refractivity contribution in [1.82, 2.24) is 4.98 Å². The standard InChI is InChI=1S/C12H19NO2S/c1-9-12(10-4-3-7-16-8-10)13-11(15-9)5-2-6-14/h10,14H,2-8H2,1H3. The number of hydrogen-bond donors (Lipinski definition) is 1. The van der Waals surface area contributed by atoms with Crippen molar-refractivity contribution in [1.29, 1.82) is 0 Å². The van der Waals surface area contributed by atoms with Crippen molar-refractivity contribution in [3.63, 3.8) is 0 Å². The number of aliphatic hydroxyl groups is 1. The van der Waals surface area contributed by atoms with Gasteiger partial charge in [0.1, 0.15) is 5.76 Å². The van der Waals surface area contributed by atoms with E-state index in [1.165, 1.54) is 24.3 Å². The Kier molecular flexibility index (Phi) is 4.29. The lowest BCUT2D eigenvalue weighted by molar-refractivity contribution is 0.282. The predicted octanol–water partition coefficient (Wildman–Crippen LogP) is 2.52. The van der Waals surface area contributed by atoms with Crippen LogP contribution in [0.15, 0.2) is 4.42 Å². The Morgan fingerprint density at radius 3 is 3.12 bits per heavy atom. The minimum absolute atomic E-state index is 0.204. The van der Waals surface area contributed by atoms with Gasteiger partial charge in [0.25, 0.3) is 0 Å². The summed E-state index contributed by atoms with van der Waals surface area (Å²) in [5.74, 6) is 4.79. The molecule has 1 aliphatic heterocycles. The summed E-state index contributed by atoms with van der Waals surface area (Å²) in [5, 5.41) is 8.78. The zero-order valence-electron chi connectivity index (χ0n) is 9.74. The van der Waals surface area contributed by atoms with Crippen LogP contribution in [0.1, 0.15) is 42.5 Å². The highest BCUT2D eigenvalue weighted by Crippen LogP contribution is 2.32. The number of aromatic nitrogens is 1. The zero-order valence-corrected chi connectivity index (χ0v) is 10.6. The Morgan fingerprint density at radius 1 is 1.56 bits per heavy atom. The largest absolute Gasteiger partial charge is 0.446 e. The molecule has 1 saturated heterocycles. The molecule has 0 spiro atoms. The van der Waals surface area contributed by atoms with E-state index in [4.69, 9.17) is 9.52 Å². The van der Waals surface area contributed by atoms with Crippen LogP contribution in [0.5, 0.6) is 0 Å². The van der Waals surface area contributed by atoms with E-state index in [-0.39, 0.29) is 6.61 Å². The minimum atomic E-state index is 0.204. The first-order valence-electron chi connectivity index (χ1n) is 5.96. The van der Waals surface area contributed by atoms with Crippen molar-refractivity contribution in [2.45, 2.75) is 38.5 Å². The van der Waals surface area contributed by atoms with E-state index in [9.17, 15) is 0 Å². The Morgan fingerprint density at radius 2 is 2.44 bits per heavy atom. The molecule has 1 aromatic heterocycles. The van der Waals surface area contributed by atoms with E-state index in [1.54, 1.807) is 0 Å². The summed E-state index contributed by atoms with van der Waals surface area (Å²) in [6, 6.07) is 0. The number of aryl methyl sites for hydroxylation is 2. The molecular formula is C12H19NO2S. The molecule has 1 unspecified atom stereocenters. The quantitative estimate of drug-likeness (QED) is 0.880. The van der Waals surface area contributed by atoms with Gasteiger partial charge in [0.15, 0.2) is 5.89 Å². The van der Waals surface area contributed by atoms with Crippen LogP contribution in [0.3, 0.4) is 0 Å². The highest BCUT2D eigenvalue weighted by atomic mass is 32.2. The van der Waals surface area contributed by atoms with Crippen LogP contribution in [-0.4, -0.2) is 28.2 Å². The lowest BCUT2D eigenvalue weighted by atomic mass is 10.0. The second-order valence-electron chi connectivity index (χ2n) is 4.29. The Labute approximate surface area is 101 Å². The van der Waals surface area contributed by atoms with Crippen LogP contribution in [-0.2, 0) is 6.42 Å². The molecule has 0 aliphatic carbocycles. The summed E-state index contributed by atoms with van der Waals surface area (Å²) in [4.78, 5) is 4.58. The highest BCUT2D eigenvalue weighted by molar-refractivity contribution is 7.99. The lowest BCUT2D eigenvalue weighted by Crippen LogP contribution is -2.10. The fourth-order valence-corrected chi connectivity index (χ4v) is 3.28. The van der Waals surface area contributed by atoms with E-state index < -0.39 is 0 Å². The topological polar surface area (TPSA) is 46.3 Å². The third kappa shape index (κ3) is 2.80. The monoisotopic (exact) mass is 241 g/mol. The molecule has 2 rings (SSSR count). The summed E-state index contributed by atoms with van der Waals surface area (Å²) >= 11 is 2.01. The maximum absolute atomic E-state index is 8.78. The molecular weight excluding hydrogens is 222 g/mol. The number of oxazole rings is 1. The van der Waals surface area contributed by atoms with Crippen LogP contribution in [0, 0.1) is 6.92 Å². The van der Waals surface area contributed by atoms with Crippen LogP contribution < -0.4 is 0 Å². The number of aliphatic hydroxyl groups excluding tert-OH is 1. The summed E-state index contributed by atoms with van der Waals surface area (Å²) in [6.45, 7) is 2.21. The van der Waals surface area contributed by atoms with E-state index in [1.807, 2.05) is 18.7 Å². The maximum Gasteiger partial charge on any atom is 0.194 e.